The van der Waals surface area contributed by atoms with Crippen LogP contribution in [0.3, 0.4) is 0 Å². The fourth-order valence-corrected chi connectivity index (χ4v) is 2.08. The SMILES string of the molecule is C=C(Br)CNCCC1CCN(C)CC1. The lowest BCUT2D eigenvalue weighted by Crippen LogP contribution is -2.31. The normalized spacial score (nSPS) is 19.9. The Morgan fingerprint density at radius 2 is 2.14 bits per heavy atom. The third-order valence-electron chi connectivity index (χ3n) is 2.88. The molecule has 0 unspecified atom stereocenters. The first kappa shape index (κ1) is 12.2. The Labute approximate surface area is 95.9 Å². The number of hydrogen-bond donors (Lipinski definition) is 1. The Morgan fingerprint density at radius 3 is 2.71 bits per heavy atom. The summed E-state index contributed by atoms with van der Waals surface area (Å²) in [7, 11) is 2.21. The minimum absolute atomic E-state index is 0.895. The van der Waals surface area contributed by atoms with Crippen LogP contribution in [0.4, 0.5) is 0 Å². The van der Waals surface area contributed by atoms with Gasteiger partial charge >= 0.3 is 0 Å². The number of likely N-dealkylation sites (tertiary alicyclic amines) is 1. The van der Waals surface area contributed by atoms with Crippen LogP contribution in [-0.2, 0) is 0 Å². The van der Waals surface area contributed by atoms with Crippen LogP contribution in [0, 0.1) is 5.92 Å². The summed E-state index contributed by atoms with van der Waals surface area (Å²) in [5.41, 5.74) is 0. The molecular weight excluding hydrogens is 240 g/mol. The van der Waals surface area contributed by atoms with Crippen molar-refractivity contribution in [3.63, 3.8) is 0 Å². The van der Waals surface area contributed by atoms with Crippen LogP contribution in [0.2, 0.25) is 0 Å². The minimum atomic E-state index is 0.895. The van der Waals surface area contributed by atoms with E-state index in [1.807, 2.05) is 0 Å². The molecule has 1 fully saturated rings. The minimum Gasteiger partial charge on any atom is -0.312 e. The van der Waals surface area contributed by atoms with Gasteiger partial charge in [0.25, 0.3) is 0 Å². The summed E-state index contributed by atoms with van der Waals surface area (Å²) in [6, 6.07) is 0. The maximum atomic E-state index is 3.80. The zero-order chi connectivity index (χ0) is 10.4. The van der Waals surface area contributed by atoms with E-state index in [9.17, 15) is 0 Å². The topological polar surface area (TPSA) is 15.3 Å². The number of nitrogens with one attached hydrogen (secondary N) is 1. The van der Waals surface area contributed by atoms with Crippen molar-refractivity contribution in [1.82, 2.24) is 10.2 Å². The predicted molar refractivity (Wildman–Crippen MR) is 65.8 cm³/mol. The second kappa shape index (κ2) is 6.59. The van der Waals surface area contributed by atoms with Crippen molar-refractivity contribution in [3.8, 4) is 0 Å². The molecule has 0 saturated carbocycles. The molecule has 1 N–H and O–H groups in total. The maximum Gasteiger partial charge on any atom is 0.0265 e. The highest BCUT2D eigenvalue weighted by Gasteiger charge is 2.15. The zero-order valence-electron chi connectivity index (χ0n) is 9.06. The molecule has 0 amide bonds. The molecule has 1 aliphatic heterocycles. The van der Waals surface area contributed by atoms with Gasteiger partial charge in [0.1, 0.15) is 0 Å². The predicted octanol–water partition coefficient (Wildman–Crippen LogP) is 2.22. The summed E-state index contributed by atoms with van der Waals surface area (Å²) < 4.78 is 1.04. The van der Waals surface area contributed by atoms with Crippen molar-refractivity contribution in [1.29, 1.82) is 0 Å². The molecule has 1 aliphatic rings. The van der Waals surface area contributed by atoms with Gasteiger partial charge in [-0.05, 0) is 51.9 Å². The molecule has 0 atom stereocenters. The van der Waals surface area contributed by atoms with Gasteiger partial charge in [0.05, 0.1) is 0 Å². The van der Waals surface area contributed by atoms with Gasteiger partial charge in [-0.3, -0.25) is 0 Å². The van der Waals surface area contributed by atoms with E-state index in [2.05, 4.69) is 39.8 Å². The van der Waals surface area contributed by atoms with Crippen LogP contribution in [0.5, 0.6) is 0 Å². The first-order valence-corrected chi connectivity index (χ1v) is 6.20. The summed E-state index contributed by atoms with van der Waals surface area (Å²) in [6.07, 6.45) is 4.05. The first-order valence-electron chi connectivity index (χ1n) is 5.41. The fraction of sp³-hybridized carbons (Fsp3) is 0.818. The highest BCUT2D eigenvalue weighted by molar-refractivity contribution is 9.11. The van der Waals surface area contributed by atoms with E-state index in [4.69, 9.17) is 0 Å². The molecule has 1 rings (SSSR count). The van der Waals surface area contributed by atoms with Gasteiger partial charge < -0.3 is 10.2 Å². The van der Waals surface area contributed by atoms with Gasteiger partial charge in [0.2, 0.25) is 0 Å². The highest BCUT2D eigenvalue weighted by atomic mass is 79.9. The zero-order valence-corrected chi connectivity index (χ0v) is 10.6. The van der Waals surface area contributed by atoms with Crippen LogP contribution in [-0.4, -0.2) is 38.1 Å². The van der Waals surface area contributed by atoms with E-state index in [0.717, 1.165) is 23.5 Å². The molecule has 3 heteroatoms. The van der Waals surface area contributed by atoms with E-state index < -0.39 is 0 Å². The van der Waals surface area contributed by atoms with Gasteiger partial charge in [-0.15, -0.1) is 0 Å². The van der Waals surface area contributed by atoms with Crippen molar-refractivity contribution in [2.75, 3.05) is 33.2 Å². The Balaban J connectivity index is 1.99. The summed E-state index contributed by atoms with van der Waals surface area (Å²) in [6.45, 7) is 8.36. The maximum absolute atomic E-state index is 3.80. The molecule has 0 spiro atoms. The second-order valence-corrected chi connectivity index (χ2v) is 5.35. The summed E-state index contributed by atoms with van der Waals surface area (Å²) in [5.74, 6) is 0.933. The number of rotatable bonds is 5. The van der Waals surface area contributed by atoms with Crippen molar-refractivity contribution in [2.24, 2.45) is 5.92 Å². The quantitative estimate of drug-likeness (QED) is 0.763. The lowest BCUT2D eigenvalue weighted by Gasteiger charge is -2.28. The summed E-state index contributed by atoms with van der Waals surface area (Å²) >= 11 is 3.34. The number of hydrogen-bond acceptors (Lipinski definition) is 2. The Morgan fingerprint density at radius 1 is 1.50 bits per heavy atom. The average molecular weight is 261 g/mol. The lowest BCUT2D eigenvalue weighted by molar-refractivity contribution is 0.212. The molecule has 0 aromatic carbocycles. The monoisotopic (exact) mass is 260 g/mol. The van der Waals surface area contributed by atoms with E-state index in [0.29, 0.717) is 0 Å². The highest BCUT2D eigenvalue weighted by Crippen LogP contribution is 2.18. The first-order chi connectivity index (χ1) is 6.68. The van der Waals surface area contributed by atoms with Gasteiger partial charge in [-0.1, -0.05) is 22.5 Å². The summed E-state index contributed by atoms with van der Waals surface area (Å²) in [5, 5.41) is 3.38. The average Bonchev–Trinajstić information content (AvgIpc) is 2.15. The Kier molecular flexibility index (Phi) is 5.75. The van der Waals surface area contributed by atoms with Crippen LogP contribution < -0.4 is 5.32 Å². The summed E-state index contributed by atoms with van der Waals surface area (Å²) in [4.78, 5) is 2.42. The van der Waals surface area contributed by atoms with Crippen molar-refractivity contribution in [3.05, 3.63) is 11.1 Å². The Bertz CT molecular complexity index is 174. The number of nitrogens with zero attached hydrogens (tertiary/aromatic N) is 1. The van der Waals surface area contributed by atoms with Crippen molar-refractivity contribution >= 4 is 15.9 Å². The molecule has 1 saturated heterocycles. The third-order valence-corrected chi connectivity index (χ3v) is 3.16. The lowest BCUT2D eigenvalue weighted by atomic mass is 9.94. The largest absolute Gasteiger partial charge is 0.312 e. The van der Waals surface area contributed by atoms with Gasteiger partial charge in [0, 0.05) is 11.0 Å². The second-order valence-electron chi connectivity index (χ2n) is 4.23. The number of piperidine rings is 1. The van der Waals surface area contributed by atoms with Crippen LogP contribution in [0.15, 0.2) is 11.1 Å². The Hall–Kier alpha value is 0.140. The molecule has 0 bridgehead atoms. The third kappa shape index (κ3) is 5.13. The molecule has 2 nitrogen and oxygen atoms in total. The molecule has 0 aromatic heterocycles. The standard InChI is InChI=1S/C11H21BrN2/c1-10(12)9-13-6-3-11-4-7-14(2)8-5-11/h11,13H,1,3-9H2,2H3. The number of halogens is 1. The molecular formula is C11H21BrN2. The van der Waals surface area contributed by atoms with Gasteiger partial charge in [-0.2, -0.15) is 0 Å². The van der Waals surface area contributed by atoms with E-state index >= 15 is 0 Å². The molecule has 14 heavy (non-hydrogen) atoms. The van der Waals surface area contributed by atoms with Crippen molar-refractivity contribution < 1.29 is 0 Å². The van der Waals surface area contributed by atoms with E-state index in [1.54, 1.807) is 0 Å². The molecule has 1 heterocycles. The molecule has 0 aromatic rings. The van der Waals surface area contributed by atoms with Gasteiger partial charge in [0.15, 0.2) is 0 Å². The van der Waals surface area contributed by atoms with Crippen molar-refractivity contribution in [2.45, 2.75) is 19.3 Å². The smallest absolute Gasteiger partial charge is 0.0265 e. The van der Waals surface area contributed by atoms with Crippen LogP contribution in [0.25, 0.3) is 0 Å². The molecule has 82 valence electrons. The van der Waals surface area contributed by atoms with E-state index in [-0.39, 0.29) is 0 Å². The fourth-order valence-electron chi connectivity index (χ4n) is 1.88. The van der Waals surface area contributed by atoms with Crippen LogP contribution in [0.1, 0.15) is 19.3 Å². The van der Waals surface area contributed by atoms with Gasteiger partial charge in [-0.25, -0.2) is 0 Å². The molecule has 0 aliphatic carbocycles. The molecule has 0 radical (unpaired) electrons. The van der Waals surface area contributed by atoms with E-state index in [1.165, 1.54) is 32.4 Å². The van der Waals surface area contributed by atoms with Crippen LogP contribution >= 0.6 is 15.9 Å².